The van der Waals surface area contributed by atoms with Crippen LogP contribution in [0.3, 0.4) is 0 Å². The fourth-order valence-corrected chi connectivity index (χ4v) is 6.70. The molecule has 152 valence electrons. The van der Waals surface area contributed by atoms with Crippen LogP contribution in [-0.2, 0) is 14.3 Å². The van der Waals surface area contributed by atoms with Gasteiger partial charge in [-0.25, -0.2) is 4.79 Å². The van der Waals surface area contributed by atoms with E-state index in [-0.39, 0.29) is 29.0 Å². The Hall–Kier alpha value is -1.20. The minimum absolute atomic E-state index is 0.0433. The van der Waals surface area contributed by atoms with Gasteiger partial charge in [0.2, 0.25) is 0 Å². The highest BCUT2D eigenvalue weighted by atomic mass is 16.6. The first-order valence-corrected chi connectivity index (χ1v) is 10.2. The summed E-state index contributed by atoms with van der Waals surface area (Å²) >= 11 is 0. The average Bonchev–Trinajstić information content (AvgIpc) is 3.00. The van der Waals surface area contributed by atoms with Gasteiger partial charge < -0.3 is 14.9 Å². The highest BCUT2D eigenvalue weighted by Gasteiger charge is 2.68. The first kappa shape index (κ1) is 20.5. The second kappa shape index (κ2) is 6.70. The fraction of sp³-hybridized carbons (Fsp3) is 0.818. The van der Waals surface area contributed by atoms with E-state index >= 15 is 0 Å². The fourth-order valence-electron chi connectivity index (χ4n) is 6.70. The molecular weight excluding hydrogens is 344 g/mol. The number of hydrogen-bond donors (Lipinski definition) is 2. The lowest BCUT2D eigenvalue weighted by Crippen LogP contribution is -2.63. The molecule has 3 saturated carbocycles. The highest BCUT2D eigenvalue weighted by molar-refractivity contribution is 5.85. The molecule has 0 amide bonds. The van der Waals surface area contributed by atoms with Gasteiger partial charge in [0.25, 0.3) is 0 Å². The molecule has 3 aliphatic rings. The second-order valence-corrected chi connectivity index (χ2v) is 9.72. The minimum atomic E-state index is -0.686. The molecule has 2 N–H and O–H groups in total. The molecular formula is C22H34O5. The van der Waals surface area contributed by atoms with Crippen LogP contribution in [0.5, 0.6) is 0 Å². The largest absolute Gasteiger partial charge is 0.460 e. The van der Waals surface area contributed by atoms with Crippen molar-refractivity contribution in [2.24, 2.45) is 34.0 Å². The highest BCUT2D eigenvalue weighted by Crippen LogP contribution is 2.67. The third kappa shape index (κ3) is 2.72. The van der Waals surface area contributed by atoms with Crippen molar-refractivity contribution in [1.29, 1.82) is 0 Å². The van der Waals surface area contributed by atoms with Gasteiger partial charge in [-0.3, -0.25) is 4.79 Å². The van der Waals surface area contributed by atoms with E-state index < -0.39 is 35.6 Å². The molecule has 5 heteroatoms. The minimum Gasteiger partial charge on any atom is -0.460 e. The Morgan fingerprint density at radius 3 is 2.59 bits per heavy atom. The third-order valence-electron chi connectivity index (χ3n) is 8.70. The summed E-state index contributed by atoms with van der Waals surface area (Å²) < 4.78 is 5.77. The Morgan fingerprint density at radius 2 is 2.00 bits per heavy atom. The lowest BCUT2D eigenvalue weighted by Gasteiger charge is -2.61. The zero-order valence-electron chi connectivity index (χ0n) is 17.0. The summed E-state index contributed by atoms with van der Waals surface area (Å²) in [5.74, 6) is -0.520. The Morgan fingerprint density at radius 1 is 1.33 bits per heavy atom. The molecule has 27 heavy (non-hydrogen) atoms. The normalized spacial score (nSPS) is 49.7. The summed E-state index contributed by atoms with van der Waals surface area (Å²) in [6.45, 7) is 11.5. The van der Waals surface area contributed by atoms with Gasteiger partial charge in [0.05, 0.1) is 6.10 Å². The van der Waals surface area contributed by atoms with Crippen molar-refractivity contribution >= 4 is 11.8 Å². The van der Waals surface area contributed by atoms with E-state index in [0.717, 1.165) is 19.3 Å². The van der Waals surface area contributed by atoms with Crippen molar-refractivity contribution in [2.45, 2.75) is 72.0 Å². The molecule has 2 bridgehead atoms. The summed E-state index contributed by atoms with van der Waals surface area (Å²) in [5, 5.41) is 20.6. The zero-order chi connectivity index (χ0) is 20.2. The number of esters is 1. The van der Waals surface area contributed by atoms with Crippen molar-refractivity contribution in [1.82, 2.24) is 0 Å². The van der Waals surface area contributed by atoms with Gasteiger partial charge in [0, 0.05) is 23.2 Å². The summed E-state index contributed by atoms with van der Waals surface area (Å²) in [6.07, 6.45) is 4.10. The van der Waals surface area contributed by atoms with Crippen LogP contribution in [0.2, 0.25) is 0 Å². The predicted octanol–water partition coefficient (Wildman–Crippen LogP) is 2.89. The van der Waals surface area contributed by atoms with Crippen LogP contribution >= 0.6 is 0 Å². The van der Waals surface area contributed by atoms with E-state index in [1.54, 1.807) is 6.08 Å². The molecule has 0 saturated heterocycles. The van der Waals surface area contributed by atoms with Crippen molar-refractivity contribution in [3.8, 4) is 0 Å². The van der Waals surface area contributed by atoms with E-state index in [1.165, 1.54) is 0 Å². The maximum atomic E-state index is 13.1. The lowest BCUT2D eigenvalue weighted by molar-refractivity contribution is -0.207. The van der Waals surface area contributed by atoms with E-state index in [2.05, 4.69) is 27.4 Å². The number of Topliss-reactive ketones (excluding diaryl/α,β-unsaturated/α-hetero) is 1. The van der Waals surface area contributed by atoms with E-state index in [0.29, 0.717) is 12.8 Å². The molecule has 0 aromatic rings. The van der Waals surface area contributed by atoms with Crippen molar-refractivity contribution in [3.05, 3.63) is 12.7 Å². The zero-order valence-corrected chi connectivity index (χ0v) is 17.0. The predicted molar refractivity (Wildman–Crippen MR) is 102 cm³/mol. The van der Waals surface area contributed by atoms with E-state index in [4.69, 9.17) is 4.74 Å². The quantitative estimate of drug-likeness (QED) is 0.583. The third-order valence-corrected chi connectivity index (χ3v) is 8.70. The van der Waals surface area contributed by atoms with Crippen LogP contribution in [-0.4, -0.2) is 40.8 Å². The first-order valence-electron chi connectivity index (χ1n) is 10.2. The summed E-state index contributed by atoms with van der Waals surface area (Å²) in [6, 6.07) is 0. The number of rotatable bonds is 3. The Balaban J connectivity index is 2.21. The standard InChI is InChI=1S/C22H34O5/c1-6-20(4)11-16(27-17(25)12-23)21(5)13(2)7-9-22(14(3)19(20)26)10-8-15(24)18(21)22/h6,13-14,16,18-19,23,26H,1,7-12H2,2-5H3/t13-,14?,16-,18?,19?,20-,21?,22?/m1/s1. The molecule has 0 radical (unpaired) electrons. The molecule has 0 spiro atoms. The van der Waals surface area contributed by atoms with Gasteiger partial charge in [-0.05, 0) is 42.9 Å². The number of hydrogen-bond acceptors (Lipinski definition) is 5. The molecule has 3 fully saturated rings. The SMILES string of the molecule is C=C[C@]1(C)C[C@@H](OC(=O)CO)C2(C)C3C(=O)CCC3(CC[C@H]2C)C(C)C1O. The van der Waals surface area contributed by atoms with Crippen molar-refractivity contribution < 1.29 is 24.5 Å². The number of carbonyl (C=O) groups excluding carboxylic acids is 2. The maximum absolute atomic E-state index is 13.1. The van der Waals surface area contributed by atoms with Gasteiger partial charge in [-0.15, -0.1) is 6.58 Å². The van der Waals surface area contributed by atoms with Crippen LogP contribution in [0.1, 0.15) is 59.8 Å². The Labute approximate surface area is 162 Å². The molecule has 0 aromatic carbocycles. The van der Waals surface area contributed by atoms with Crippen LogP contribution in [0.15, 0.2) is 12.7 Å². The molecule has 3 rings (SSSR count). The van der Waals surface area contributed by atoms with Crippen LogP contribution < -0.4 is 0 Å². The number of aliphatic hydroxyl groups is 2. The van der Waals surface area contributed by atoms with E-state index in [1.807, 2.05) is 6.92 Å². The Kier molecular flexibility index (Phi) is 5.09. The molecule has 3 aliphatic carbocycles. The van der Waals surface area contributed by atoms with Gasteiger partial charge >= 0.3 is 5.97 Å². The number of ketones is 1. The molecule has 5 unspecified atom stereocenters. The monoisotopic (exact) mass is 378 g/mol. The Bertz CT molecular complexity index is 645. The molecule has 0 aliphatic heterocycles. The molecule has 5 nitrogen and oxygen atoms in total. The number of carbonyl (C=O) groups is 2. The first-order chi connectivity index (χ1) is 12.6. The smallest absolute Gasteiger partial charge is 0.332 e. The van der Waals surface area contributed by atoms with E-state index in [9.17, 15) is 19.8 Å². The topological polar surface area (TPSA) is 83.8 Å². The lowest BCUT2D eigenvalue weighted by atomic mass is 9.44. The van der Waals surface area contributed by atoms with Crippen molar-refractivity contribution in [2.75, 3.05) is 6.61 Å². The van der Waals surface area contributed by atoms with Gasteiger partial charge in [0.15, 0.2) is 0 Å². The summed E-state index contributed by atoms with van der Waals surface area (Å²) in [5.41, 5.74) is -1.43. The molecule has 0 heterocycles. The summed E-state index contributed by atoms with van der Waals surface area (Å²) in [4.78, 5) is 25.2. The van der Waals surface area contributed by atoms with Gasteiger partial charge in [-0.1, -0.05) is 33.8 Å². The number of ether oxygens (including phenoxy) is 1. The van der Waals surface area contributed by atoms with Crippen LogP contribution in [0, 0.1) is 34.0 Å². The van der Waals surface area contributed by atoms with Crippen LogP contribution in [0.25, 0.3) is 0 Å². The van der Waals surface area contributed by atoms with Crippen molar-refractivity contribution in [3.63, 3.8) is 0 Å². The molecule has 8 atom stereocenters. The maximum Gasteiger partial charge on any atom is 0.332 e. The summed E-state index contributed by atoms with van der Waals surface area (Å²) in [7, 11) is 0. The van der Waals surface area contributed by atoms with Gasteiger partial charge in [0.1, 0.15) is 18.5 Å². The average molecular weight is 379 g/mol. The van der Waals surface area contributed by atoms with Gasteiger partial charge in [-0.2, -0.15) is 0 Å². The second-order valence-electron chi connectivity index (χ2n) is 9.72. The van der Waals surface area contributed by atoms with Crippen LogP contribution in [0.4, 0.5) is 0 Å². The molecule has 0 aromatic heterocycles. The number of aliphatic hydroxyl groups excluding tert-OH is 2.